The quantitative estimate of drug-likeness (QED) is 0.926. The Balaban J connectivity index is 2.31. The van der Waals surface area contributed by atoms with Crippen LogP contribution >= 0.6 is 0 Å². The van der Waals surface area contributed by atoms with Gasteiger partial charge in [0.1, 0.15) is 12.1 Å². The molecule has 2 rings (SSSR count). The number of hydrogen-bond donors (Lipinski definition) is 1. The van der Waals surface area contributed by atoms with Gasteiger partial charge >= 0.3 is 0 Å². The van der Waals surface area contributed by atoms with Crippen LogP contribution in [0.1, 0.15) is 18.1 Å². The first-order valence-electron chi connectivity index (χ1n) is 6.08. The van der Waals surface area contributed by atoms with Crippen molar-refractivity contribution in [1.82, 2.24) is 9.97 Å². The third kappa shape index (κ3) is 2.83. The number of halogens is 1. The second kappa shape index (κ2) is 5.97. The smallest absolute Gasteiger partial charge is 0.227 e. The van der Waals surface area contributed by atoms with Gasteiger partial charge < -0.3 is 10.1 Å². The van der Waals surface area contributed by atoms with Crippen LogP contribution in [-0.4, -0.2) is 16.5 Å². The molecule has 0 saturated heterocycles. The standard InChI is InChI=1S/C14H13FN4O/c1-3-17-13-9(2)14(19-8-18-13)20-12-5-4-10(7-16)6-11(12)15/h4-6,8H,3H2,1-2H3,(H,17,18,19). The van der Waals surface area contributed by atoms with Crippen molar-refractivity contribution in [2.45, 2.75) is 13.8 Å². The largest absolute Gasteiger partial charge is 0.435 e. The Morgan fingerprint density at radius 3 is 2.85 bits per heavy atom. The summed E-state index contributed by atoms with van der Waals surface area (Å²) in [6.45, 7) is 4.44. The monoisotopic (exact) mass is 272 g/mol. The minimum atomic E-state index is -0.605. The molecule has 0 amide bonds. The van der Waals surface area contributed by atoms with Gasteiger partial charge in [0.05, 0.1) is 17.2 Å². The van der Waals surface area contributed by atoms with Gasteiger partial charge in [0.15, 0.2) is 11.6 Å². The van der Waals surface area contributed by atoms with Gasteiger partial charge in [-0.1, -0.05) is 0 Å². The Hall–Kier alpha value is -2.68. The lowest BCUT2D eigenvalue weighted by Crippen LogP contribution is -2.04. The highest BCUT2D eigenvalue weighted by Crippen LogP contribution is 2.28. The molecule has 20 heavy (non-hydrogen) atoms. The van der Waals surface area contributed by atoms with Crippen molar-refractivity contribution in [3.63, 3.8) is 0 Å². The Kier molecular flexibility index (Phi) is 4.11. The molecule has 0 spiro atoms. The highest BCUT2D eigenvalue weighted by atomic mass is 19.1. The summed E-state index contributed by atoms with van der Waals surface area (Å²) in [7, 11) is 0. The number of rotatable bonds is 4. The van der Waals surface area contributed by atoms with Crippen LogP contribution in [0.3, 0.4) is 0 Å². The van der Waals surface area contributed by atoms with Crippen molar-refractivity contribution in [3.8, 4) is 17.7 Å². The molecule has 0 radical (unpaired) electrons. The summed E-state index contributed by atoms with van der Waals surface area (Å²) < 4.78 is 19.2. The molecule has 0 fully saturated rings. The molecule has 0 aliphatic heterocycles. The van der Waals surface area contributed by atoms with E-state index in [1.807, 2.05) is 13.0 Å². The number of anilines is 1. The van der Waals surface area contributed by atoms with Crippen molar-refractivity contribution >= 4 is 5.82 Å². The molecule has 0 aliphatic rings. The lowest BCUT2D eigenvalue weighted by molar-refractivity contribution is 0.423. The van der Waals surface area contributed by atoms with Gasteiger partial charge in [-0.25, -0.2) is 14.4 Å². The van der Waals surface area contributed by atoms with Gasteiger partial charge in [-0.3, -0.25) is 0 Å². The van der Waals surface area contributed by atoms with Crippen LogP contribution in [0.5, 0.6) is 11.6 Å². The van der Waals surface area contributed by atoms with E-state index in [2.05, 4.69) is 15.3 Å². The zero-order valence-corrected chi connectivity index (χ0v) is 11.1. The van der Waals surface area contributed by atoms with E-state index in [-0.39, 0.29) is 17.2 Å². The number of ether oxygens (including phenoxy) is 1. The minimum absolute atomic E-state index is 0.0215. The molecule has 1 N–H and O–H groups in total. The predicted octanol–water partition coefficient (Wildman–Crippen LogP) is 3.02. The SMILES string of the molecule is CCNc1ncnc(Oc2ccc(C#N)cc2F)c1C. The van der Waals surface area contributed by atoms with E-state index < -0.39 is 5.82 Å². The van der Waals surface area contributed by atoms with Gasteiger partial charge in [0.25, 0.3) is 0 Å². The van der Waals surface area contributed by atoms with Crippen LogP contribution in [0.15, 0.2) is 24.5 Å². The molecule has 2 aromatic rings. The van der Waals surface area contributed by atoms with Gasteiger partial charge in [-0.15, -0.1) is 0 Å². The van der Waals surface area contributed by atoms with Crippen LogP contribution in [0.4, 0.5) is 10.2 Å². The number of hydrogen-bond acceptors (Lipinski definition) is 5. The van der Waals surface area contributed by atoms with Crippen molar-refractivity contribution < 1.29 is 9.13 Å². The van der Waals surface area contributed by atoms with Gasteiger partial charge in [-0.05, 0) is 32.0 Å². The maximum atomic E-state index is 13.8. The number of aromatic nitrogens is 2. The van der Waals surface area contributed by atoms with E-state index >= 15 is 0 Å². The van der Waals surface area contributed by atoms with Gasteiger partial charge in [-0.2, -0.15) is 5.26 Å². The number of benzene rings is 1. The maximum absolute atomic E-state index is 13.8. The molecule has 102 valence electrons. The predicted molar refractivity (Wildman–Crippen MR) is 72.1 cm³/mol. The summed E-state index contributed by atoms with van der Waals surface area (Å²) in [5, 5.41) is 11.8. The van der Waals surface area contributed by atoms with Crippen molar-refractivity contribution in [2.24, 2.45) is 0 Å². The third-order valence-corrected chi connectivity index (χ3v) is 2.65. The first kappa shape index (κ1) is 13.7. The summed E-state index contributed by atoms with van der Waals surface area (Å²) in [6.07, 6.45) is 1.35. The molecule has 0 unspecified atom stereocenters. The summed E-state index contributed by atoms with van der Waals surface area (Å²) in [6, 6.07) is 5.88. The molecule has 1 heterocycles. The Bertz CT molecular complexity index is 667. The zero-order chi connectivity index (χ0) is 14.5. The fourth-order valence-corrected chi connectivity index (χ4v) is 1.64. The summed E-state index contributed by atoms with van der Waals surface area (Å²) in [4.78, 5) is 8.08. The number of nitrogens with zero attached hydrogens (tertiary/aromatic N) is 3. The molecular weight excluding hydrogens is 259 g/mol. The van der Waals surface area contributed by atoms with Crippen LogP contribution in [-0.2, 0) is 0 Å². The van der Waals surface area contributed by atoms with Crippen LogP contribution in [0.25, 0.3) is 0 Å². The van der Waals surface area contributed by atoms with Crippen molar-refractivity contribution in [2.75, 3.05) is 11.9 Å². The fraction of sp³-hybridized carbons (Fsp3) is 0.214. The molecular formula is C14H13FN4O. The maximum Gasteiger partial charge on any atom is 0.227 e. The highest BCUT2D eigenvalue weighted by molar-refractivity contribution is 5.49. The first-order chi connectivity index (χ1) is 9.65. The summed E-state index contributed by atoms with van der Waals surface area (Å²) in [5.74, 6) is 0.339. The van der Waals surface area contributed by atoms with Crippen molar-refractivity contribution in [3.05, 3.63) is 41.5 Å². The van der Waals surface area contributed by atoms with E-state index in [4.69, 9.17) is 10.00 Å². The Morgan fingerprint density at radius 2 is 2.20 bits per heavy atom. The molecule has 0 bridgehead atoms. The average molecular weight is 272 g/mol. The second-order valence-corrected chi connectivity index (χ2v) is 4.04. The third-order valence-electron chi connectivity index (χ3n) is 2.65. The van der Waals surface area contributed by atoms with E-state index in [9.17, 15) is 4.39 Å². The minimum Gasteiger partial charge on any atom is -0.435 e. The van der Waals surface area contributed by atoms with E-state index in [0.717, 1.165) is 6.07 Å². The van der Waals surface area contributed by atoms with Crippen LogP contribution in [0, 0.1) is 24.1 Å². The number of nitriles is 1. The highest BCUT2D eigenvalue weighted by Gasteiger charge is 2.11. The van der Waals surface area contributed by atoms with Gasteiger partial charge in [0, 0.05) is 6.54 Å². The first-order valence-corrected chi connectivity index (χ1v) is 6.08. The molecule has 1 aromatic carbocycles. The normalized spacial score (nSPS) is 9.90. The average Bonchev–Trinajstić information content (AvgIpc) is 2.45. The number of nitrogens with one attached hydrogen (secondary N) is 1. The van der Waals surface area contributed by atoms with Gasteiger partial charge in [0.2, 0.25) is 5.88 Å². The summed E-state index contributed by atoms with van der Waals surface area (Å²) in [5.41, 5.74) is 0.931. The Morgan fingerprint density at radius 1 is 1.40 bits per heavy atom. The van der Waals surface area contributed by atoms with Crippen LogP contribution in [0.2, 0.25) is 0 Å². The van der Waals surface area contributed by atoms with E-state index in [1.165, 1.54) is 18.5 Å². The topological polar surface area (TPSA) is 70.8 Å². The molecule has 0 atom stereocenters. The van der Waals surface area contributed by atoms with Crippen molar-refractivity contribution in [1.29, 1.82) is 5.26 Å². The lowest BCUT2D eigenvalue weighted by Gasteiger charge is -2.11. The lowest BCUT2D eigenvalue weighted by atomic mass is 10.2. The molecule has 5 nitrogen and oxygen atoms in total. The molecule has 0 saturated carbocycles. The second-order valence-electron chi connectivity index (χ2n) is 4.04. The van der Waals surface area contributed by atoms with E-state index in [0.29, 0.717) is 17.9 Å². The fourth-order valence-electron chi connectivity index (χ4n) is 1.64. The Labute approximate surface area is 116 Å². The van der Waals surface area contributed by atoms with E-state index in [1.54, 1.807) is 6.92 Å². The molecule has 1 aromatic heterocycles. The molecule has 6 heteroatoms. The zero-order valence-electron chi connectivity index (χ0n) is 11.1. The summed E-state index contributed by atoms with van der Waals surface area (Å²) >= 11 is 0. The van der Waals surface area contributed by atoms with Crippen LogP contribution < -0.4 is 10.1 Å². The molecule has 0 aliphatic carbocycles.